The first-order chi connectivity index (χ1) is 18.5. The Morgan fingerprint density at radius 1 is 1.18 bits per heavy atom. The zero-order valence-corrected chi connectivity index (χ0v) is 23.0. The van der Waals surface area contributed by atoms with Gasteiger partial charge in [0, 0.05) is 23.6 Å². The maximum atomic E-state index is 12.0. The molecule has 0 N–H and O–H groups in total. The van der Waals surface area contributed by atoms with Gasteiger partial charge in [0.2, 0.25) is 0 Å². The maximum Gasteiger partial charge on any atom is 0.337 e. The van der Waals surface area contributed by atoms with E-state index in [4.69, 9.17) is 42.2 Å². The lowest BCUT2D eigenvalue weighted by Gasteiger charge is -2.33. The van der Waals surface area contributed by atoms with Crippen molar-refractivity contribution in [2.24, 2.45) is 5.92 Å². The molecule has 0 spiro atoms. The van der Waals surface area contributed by atoms with Crippen LogP contribution in [0.1, 0.15) is 53.3 Å². The minimum absolute atomic E-state index is 0.0721. The number of esters is 1. The van der Waals surface area contributed by atoms with Crippen LogP contribution in [0.3, 0.4) is 0 Å². The van der Waals surface area contributed by atoms with Crippen molar-refractivity contribution >= 4 is 55.9 Å². The van der Waals surface area contributed by atoms with E-state index in [1.807, 2.05) is 30.3 Å². The summed E-state index contributed by atoms with van der Waals surface area (Å²) in [5.74, 6) is 1.49. The van der Waals surface area contributed by atoms with Crippen molar-refractivity contribution in [2.45, 2.75) is 50.4 Å². The summed E-state index contributed by atoms with van der Waals surface area (Å²) in [5.41, 5.74) is 3.74. The summed E-state index contributed by atoms with van der Waals surface area (Å²) in [4.78, 5) is 19.2. The van der Waals surface area contributed by atoms with Gasteiger partial charge in [-0.15, -0.1) is 0 Å². The van der Waals surface area contributed by atoms with E-state index in [9.17, 15) is 4.79 Å². The molecule has 3 heterocycles. The predicted molar refractivity (Wildman–Crippen MR) is 147 cm³/mol. The Bertz CT molecular complexity index is 1530. The maximum absolute atomic E-state index is 12.0. The number of hydrogen-bond donors (Lipinski definition) is 0. The molecule has 0 radical (unpaired) electrons. The first kappa shape index (κ1) is 24.4. The number of hydrogen-bond acceptors (Lipinski definition) is 8. The van der Waals surface area contributed by atoms with Crippen LogP contribution < -0.4 is 4.90 Å². The monoisotopic (exact) mass is 569 g/mol. The van der Waals surface area contributed by atoms with Crippen molar-refractivity contribution in [2.75, 3.05) is 18.6 Å². The molecule has 7 nitrogen and oxygen atoms in total. The quantitative estimate of drug-likeness (QED) is 0.219. The molecule has 0 unspecified atom stereocenters. The van der Waals surface area contributed by atoms with Crippen LogP contribution in [0, 0.1) is 5.92 Å². The molecule has 10 heteroatoms. The van der Waals surface area contributed by atoms with Gasteiger partial charge in [0.05, 0.1) is 51.7 Å². The fourth-order valence-corrected chi connectivity index (χ4v) is 7.53. The van der Waals surface area contributed by atoms with Crippen LogP contribution in [0.5, 0.6) is 0 Å². The fourth-order valence-electron chi connectivity index (χ4n) is 5.88. The molecular formula is C28H25Cl2N3O4S. The van der Waals surface area contributed by atoms with E-state index in [-0.39, 0.29) is 18.1 Å². The van der Waals surface area contributed by atoms with Crippen LogP contribution in [0.25, 0.3) is 21.5 Å². The average molecular weight is 570 g/mol. The number of anilines is 1. The highest BCUT2D eigenvalue weighted by atomic mass is 35.5. The van der Waals surface area contributed by atoms with Gasteiger partial charge < -0.3 is 18.9 Å². The van der Waals surface area contributed by atoms with Crippen molar-refractivity contribution in [3.63, 3.8) is 0 Å². The van der Waals surface area contributed by atoms with E-state index in [0.29, 0.717) is 45.3 Å². The Morgan fingerprint density at radius 2 is 2.00 bits per heavy atom. The number of aromatic nitrogens is 2. The van der Waals surface area contributed by atoms with Gasteiger partial charge in [-0.1, -0.05) is 45.8 Å². The van der Waals surface area contributed by atoms with E-state index in [0.717, 1.165) is 58.9 Å². The Balaban J connectivity index is 1.13. The first-order valence-corrected chi connectivity index (χ1v) is 14.4. The number of rotatable bonds is 7. The van der Waals surface area contributed by atoms with Gasteiger partial charge in [0.25, 0.3) is 0 Å². The summed E-state index contributed by atoms with van der Waals surface area (Å²) in [6.07, 6.45) is 4.36. The van der Waals surface area contributed by atoms with Gasteiger partial charge in [-0.25, -0.2) is 9.78 Å². The van der Waals surface area contributed by atoms with E-state index in [1.165, 1.54) is 7.11 Å². The lowest BCUT2D eigenvalue weighted by molar-refractivity contribution is 0.0256. The smallest absolute Gasteiger partial charge is 0.337 e. The van der Waals surface area contributed by atoms with E-state index >= 15 is 0 Å². The summed E-state index contributed by atoms with van der Waals surface area (Å²) in [5, 5.41) is 6.46. The van der Waals surface area contributed by atoms with Crippen LogP contribution in [0.4, 0.5) is 5.13 Å². The molecule has 4 aromatic rings. The molecular weight excluding hydrogens is 545 g/mol. The molecule has 2 saturated carbocycles. The second-order valence-electron chi connectivity index (χ2n) is 10.3. The first-order valence-electron chi connectivity index (χ1n) is 12.8. The van der Waals surface area contributed by atoms with Crippen molar-refractivity contribution in [3.8, 4) is 11.3 Å². The molecule has 3 fully saturated rings. The van der Waals surface area contributed by atoms with Gasteiger partial charge in [-0.2, -0.15) is 0 Å². The number of piperidine rings is 1. The van der Waals surface area contributed by atoms with Gasteiger partial charge in [0.1, 0.15) is 11.5 Å². The van der Waals surface area contributed by atoms with E-state index < -0.39 is 0 Å². The molecule has 3 atom stereocenters. The molecule has 196 valence electrons. The molecule has 1 aliphatic heterocycles. The number of fused-ring (bicyclic) bond motifs is 3. The van der Waals surface area contributed by atoms with Crippen LogP contribution in [0.15, 0.2) is 40.9 Å². The second-order valence-corrected chi connectivity index (χ2v) is 12.1. The summed E-state index contributed by atoms with van der Waals surface area (Å²) >= 11 is 14.7. The zero-order chi connectivity index (χ0) is 26.0. The summed E-state index contributed by atoms with van der Waals surface area (Å²) < 4.78 is 18.3. The second kappa shape index (κ2) is 9.52. The van der Waals surface area contributed by atoms with Crippen LogP contribution >= 0.6 is 34.5 Å². The largest absolute Gasteiger partial charge is 0.465 e. The highest BCUT2D eigenvalue weighted by molar-refractivity contribution is 7.22. The summed E-state index contributed by atoms with van der Waals surface area (Å²) in [7, 11) is 1.39. The van der Waals surface area contributed by atoms with E-state index in [1.54, 1.807) is 17.4 Å². The van der Waals surface area contributed by atoms with Crippen LogP contribution in [-0.4, -0.2) is 41.9 Å². The zero-order valence-electron chi connectivity index (χ0n) is 20.7. The number of thiazole rings is 1. The highest BCUT2D eigenvalue weighted by Gasteiger charge is 2.47. The summed E-state index contributed by atoms with van der Waals surface area (Å²) in [6.45, 7) is 1.37. The molecule has 7 rings (SSSR count). The number of carbonyl (C=O) groups excluding carboxylic acids is 1. The van der Waals surface area contributed by atoms with Crippen molar-refractivity contribution in [3.05, 3.63) is 63.3 Å². The third kappa shape index (κ3) is 4.18. The molecule has 0 amide bonds. The lowest BCUT2D eigenvalue weighted by atomic mass is 10.0. The molecule has 38 heavy (non-hydrogen) atoms. The summed E-state index contributed by atoms with van der Waals surface area (Å²) in [6, 6.07) is 11.2. The normalized spacial score (nSPS) is 22.5. The minimum atomic E-state index is -0.340. The standard InChI is InChI=1S/C28H25Cl2N3O4S/c1-35-27(34)16-7-8-20-23(11-16)38-28(31-20)33-12-14-9-21(33)22(10-14)36-13-17-25(32-37-26(17)15-5-6-15)24-18(29)3-2-4-19(24)30/h2-4,7-8,11,14-15,21-22H,5-6,9-10,12-13H2,1H3/t14-,21+,22+/m0/s1. The van der Waals surface area contributed by atoms with Crippen LogP contribution in [0.2, 0.25) is 10.0 Å². The third-order valence-corrected chi connectivity index (χ3v) is 9.56. The Morgan fingerprint density at radius 3 is 2.74 bits per heavy atom. The lowest BCUT2D eigenvalue weighted by Crippen LogP contribution is -2.42. The Kier molecular flexibility index (Phi) is 6.11. The predicted octanol–water partition coefficient (Wildman–Crippen LogP) is 7.11. The van der Waals surface area contributed by atoms with Gasteiger partial charge in [-0.05, 0) is 61.9 Å². The van der Waals surface area contributed by atoms with Crippen molar-refractivity contribution in [1.29, 1.82) is 0 Å². The highest BCUT2D eigenvalue weighted by Crippen LogP contribution is 2.48. The van der Waals surface area contributed by atoms with Crippen LogP contribution in [-0.2, 0) is 16.1 Å². The fraction of sp³-hybridized carbons (Fsp3) is 0.393. The van der Waals surface area contributed by atoms with E-state index in [2.05, 4.69) is 10.1 Å². The molecule has 2 aromatic heterocycles. The van der Waals surface area contributed by atoms with Gasteiger partial charge >= 0.3 is 5.97 Å². The third-order valence-electron chi connectivity index (χ3n) is 7.88. The average Bonchev–Trinajstić information content (AvgIpc) is 3.24. The number of methoxy groups -OCH3 is 1. The van der Waals surface area contributed by atoms with Crippen molar-refractivity contribution < 1.29 is 18.8 Å². The molecule has 2 bridgehead atoms. The molecule has 3 aliphatic rings. The van der Waals surface area contributed by atoms with Crippen molar-refractivity contribution in [1.82, 2.24) is 10.1 Å². The minimum Gasteiger partial charge on any atom is -0.465 e. The Hall–Kier alpha value is -2.65. The Labute approximate surface area is 233 Å². The topological polar surface area (TPSA) is 77.7 Å². The molecule has 2 aromatic carbocycles. The number of nitrogens with zero attached hydrogens (tertiary/aromatic N) is 3. The van der Waals surface area contributed by atoms with Gasteiger partial charge in [0.15, 0.2) is 5.13 Å². The SMILES string of the molecule is COC(=O)c1ccc2nc(N3C[C@H]4C[C@@H]3[C@H](OCc3c(-c5c(Cl)cccc5Cl)noc3C3CC3)C4)sc2c1. The molecule has 1 saturated heterocycles. The number of ether oxygens (including phenoxy) is 2. The number of halogens is 2. The number of benzene rings is 2. The van der Waals surface area contributed by atoms with Gasteiger partial charge in [-0.3, -0.25) is 0 Å². The molecule has 2 aliphatic carbocycles. The number of carbonyl (C=O) groups is 1.